The summed E-state index contributed by atoms with van der Waals surface area (Å²) in [6, 6.07) is 0. The second-order valence-corrected chi connectivity index (χ2v) is 4.24. The largest absolute Gasteiger partial charge is 0.396 e. The quantitative estimate of drug-likeness (QED) is 0.682. The Bertz CT molecular complexity index is 195. The van der Waals surface area contributed by atoms with Gasteiger partial charge in [0.15, 0.2) is 0 Å². The van der Waals surface area contributed by atoms with Gasteiger partial charge in [0.25, 0.3) is 0 Å². The van der Waals surface area contributed by atoms with E-state index >= 15 is 0 Å². The molecule has 0 aromatic rings. The van der Waals surface area contributed by atoms with Gasteiger partial charge in [0.05, 0.1) is 6.54 Å². The van der Waals surface area contributed by atoms with Gasteiger partial charge in [0.1, 0.15) is 0 Å². The zero-order chi connectivity index (χ0) is 10.6. The Balaban J connectivity index is 2.30. The first-order chi connectivity index (χ1) is 6.63. The van der Waals surface area contributed by atoms with Crippen LogP contribution in [0.15, 0.2) is 0 Å². The Morgan fingerprint density at radius 2 is 2.29 bits per heavy atom. The normalized spacial score (nSPS) is 22.0. The molecule has 0 saturated carbocycles. The van der Waals surface area contributed by atoms with E-state index in [0.29, 0.717) is 12.5 Å². The molecule has 0 aliphatic carbocycles. The summed E-state index contributed by atoms with van der Waals surface area (Å²) in [4.78, 5) is 15.4. The molecule has 0 bridgehead atoms. The molecule has 1 amide bonds. The number of nitrogens with zero attached hydrogens (tertiary/aromatic N) is 2. The fourth-order valence-corrected chi connectivity index (χ4v) is 1.85. The number of hydrogen-bond donors (Lipinski definition) is 1. The predicted molar refractivity (Wildman–Crippen MR) is 54.9 cm³/mol. The van der Waals surface area contributed by atoms with Gasteiger partial charge in [-0.2, -0.15) is 0 Å². The molecule has 4 nitrogen and oxygen atoms in total. The van der Waals surface area contributed by atoms with Crippen LogP contribution in [0.5, 0.6) is 0 Å². The van der Waals surface area contributed by atoms with E-state index < -0.39 is 0 Å². The summed E-state index contributed by atoms with van der Waals surface area (Å²) in [5.41, 5.74) is 0. The zero-order valence-electron chi connectivity index (χ0n) is 9.07. The fourth-order valence-electron chi connectivity index (χ4n) is 1.85. The highest BCUT2D eigenvalue weighted by Crippen LogP contribution is 2.18. The average Bonchev–Trinajstić information content (AvgIpc) is 2.52. The predicted octanol–water partition coefficient (Wildman–Crippen LogP) is -0.221. The maximum absolute atomic E-state index is 11.6. The lowest BCUT2D eigenvalue weighted by atomic mass is 10.1. The lowest BCUT2D eigenvalue weighted by molar-refractivity contribution is -0.130. The molecular formula is C10H20N2O2. The van der Waals surface area contributed by atoms with E-state index in [1.165, 1.54) is 0 Å². The lowest BCUT2D eigenvalue weighted by Crippen LogP contribution is -2.36. The standard InChI is InChI=1S/C10H20N2O2/c1-11(2)8-10(14)12-5-3-9(7-12)4-6-13/h9,13H,3-8H2,1-2H3. The molecule has 0 spiro atoms. The van der Waals surface area contributed by atoms with E-state index in [4.69, 9.17) is 5.11 Å². The molecule has 82 valence electrons. The van der Waals surface area contributed by atoms with Crippen molar-refractivity contribution in [3.8, 4) is 0 Å². The van der Waals surface area contributed by atoms with Crippen LogP contribution in [0, 0.1) is 5.92 Å². The van der Waals surface area contributed by atoms with E-state index in [0.717, 1.165) is 25.9 Å². The van der Waals surface area contributed by atoms with E-state index in [1.54, 1.807) is 0 Å². The minimum Gasteiger partial charge on any atom is -0.396 e. The minimum atomic E-state index is 0.204. The minimum absolute atomic E-state index is 0.204. The summed E-state index contributed by atoms with van der Waals surface area (Å²) in [5, 5.41) is 8.79. The molecule has 1 aliphatic heterocycles. The molecule has 1 saturated heterocycles. The highest BCUT2D eigenvalue weighted by molar-refractivity contribution is 5.78. The number of likely N-dealkylation sites (tertiary alicyclic amines) is 1. The van der Waals surface area contributed by atoms with Gasteiger partial charge < -0.3 is 14.9 Å². The molecule has 0 radical (unpaired) electrons. The molecule has 0 aromatic carbocycles. The fraction of sp³-hybridized carbons (Fsp3) is 0.900. The van der Waals surface area contributed by atoms with Crippen molar-refractivity contribution >= 4 is 5.91 Å². The molecule has 1 heterocycles. The molecule has 14 heavy (non-hydrogen) atoms. The number of carbonyl (C=O) groups excluding carboxylic acids is 1. The summed E-state index contributed by atoms with van der Waals surface area (Å²) in [6.45, 7) is 2.41. The van der Waals surface area contributed by atoms with Crippen LogP contribution in [0.2, 0.25) is 0 Å². The van der Waals surface area contributed by atoms with Crippen molar-refractivity contribution in [3.63, 3.8) is 0 Å². The van der Waals surface area contributed by atoms with Gasteiger partial charge in [-0.15, -0.1) is 0 Å². The summed E-state index contributed by atoms with van der Waals surface area (Å²) in [7, 11) is 3.80. The zero-order valence-corrected chi connectivity index (χ0v) is 9.07. The Morgan fingerprint density at radius 3 is 2.86 bits per heavy atom. The Kier molecular flexibility index (Phi) is 4.35. The van der Waals surface area contributed by atoms with Gasteiger partial charge in [-0.05, 0) is 32.9 Å². The number of amides is 1. The van der Waals surface area contributed by atoms with Gasteiger partial charge in [-0.25, -0.2) is 0 Å². The third-order valence-corrected chi connectivity index (χ3v) is 2.63. The summed E-state index contributed by atoms with van der Waals surface area (Å²) >= 11 is 0. The van der Waals surface area contributed by atoms with E-state index in [1.807, 2.05) is 23.9 Å². The monoisotopic (exact) mass is 200 g/mol. The lowest BCUT2D eigenvalue weighted by Gasteiger charge is -2.18. The third-order valence-electron chi connectivity index (χ3n) is 2.63. The van der Waals surface area contributed by atoms with Crippen LogP contribution in [0.4, 0.5) is 0 Å². The maximum atomic E-state index is 11.6. The number of rotatable bonds is 4. The first-order valence-corrected chi connectivity index (χ1v) is 5.17. The van der Waals surface area contributed by atoms with Crippen LogP contribution in [-0.4, -0.2) is 61.2 Å². The number of likely N-dealkylation sites (N-methyl/N-ethyl adjacent to an activating group) is 1. The Labute approximate surface area is 85.5 Å². The molecule has 4 heteroatoms. The van der Waals surface area contributed by atoms with E-state index in [9.17, 15) is 4.79 Å². The molecule has 1 unspecified atom stereocenters. The summed E-state index contributed by atoms with van der Waals surface area (Å²) in [5.74, 6) is 0.710. The molecule has 1 aliphatic rings. The van der Waals surface area contributed by atoms with Gasteiger partial charge >= 0.3 is 0 Å². The van der Waals surface area contributed by atoms with Crippen molar-refractivity contribution in [1.29, 1.82) is 0 Å². The van der Waals surface area contributed by atoms with Crippen molar-refractivity contribution in [1.82, 2.24) is 9.80 Å². The first kappa shape index (κ1) is 11.5. The van der Waals surface area contributed by atoms with Crippen molar-refractivity contribution in [2.45, 2.75) is 12.8 Å². The van der Waals surface area contributed by atoms with Crippen LogP contribution in [0.1, 0.15) is 12.8 Å². The second kappa shape index (κ2) is 5.32. The summed E-state index contributed by atoms with van der Waals surface area (Å²) < 4.78 is 0. The van der Waals surface area contributed by atoms with E-state index in [2.05, 4.69) is 0 Å². The highest BCUT2D eigenvalue weighted by Gasteiger charge is 2.25. The molecule has 1 rings (SSSR count). The maximum Gasteiger partial charge on any atom is 0.236 e. The molecular weight excluding hydrogens is 180 g/mol. The number of aliphatic hydroxyl groups is 1. The molecule has 0 aromatic heterocycles. The Hall–Kier alpha value is -0.610. The topological polar surface area (TPSA) is 43.8 Å². The van der Waals surface area contributed by atoms with Crippen LogP contribution in [0.25, 0.3) is 0 Å². The molecule has 1 N–H and O–H groups in total. The van der Waals surface area contributed by atoms with Crippen molar-refractivity contribution < 1.29 is 9.90 Å². The molecule has 1 fully saturated rings. The average molecular weight is 200 g/mol. The molecule has 1 atom stereocenters. The first-order valence-electron chi connectivity index (χ1n) is 5.17. The highest BCUT2D eigenvalue weighted by atomic mass is 16.3. The van der Waals surface area contributed by atoms with Gasteiger partial charge in [-0.3, -0.25) is 4.79 Å². The third kappa shape index (κ3) is 3.27. The number of hydrogen-bond acceptors (Lipinski definition) is 3. The second-order valence-electron chi connectivity index (χ2n) is 4.24. The van der Waals surface area contributed by atoms with Gasteiger partial charge in [0.2, 0.25) is 5.91 Å². The van der Waals surface area contributed by atoms with Gasteiger partial charge in [0, 0.05) is 19.7 Å². The smallest absolute Gasteiger partial charge is 0.236 e. The van der Waals surface area contributed by atoms with Crippen LogP contribution in [-0.2, 0) is 4.79 Å². The Morgan fingerprint density at radius 1 is 1.57 bits per heavy atom. The van der Waals surface area contributed by atoms with Crippen molar-refractivity contribution in [2.24, 2.45) is 5.92 Å². The van der Waals surface area contributed by atoms with Crippen molar-refractivity contribution in [2.75, 3.05) is 40.3 Å². The van der Waals surface area contributed by atoms with E-state index in [-0.39, 0.29) is 12.5 Å². The summed E-state index contributed by atoms with van der Waals surface area (Å²) in [6.07, 6.45) is 1.87. The van der Waals surface area contributed by atoms with Crippen LogP contribution >= 0.6 is 0 Å². The number of aliphatic hydroxyl groups excluding tert-OH is 1. The van der Waals surface area contributed by atoms with Crippen LogP contribution < -0.4 is 0 Å². The number of carbonyl (C=O) groups is 1. The SMILES string of the molecule is CN(C)CC(=O)N1CCC(CCO)C1. The van der Waals surface area contributed by atoms with Gasteiger partial charge in [-0.1, -0.05) is 0 Å². The van der Waals surface area contributed by atoms with Crippen LogP contribution in [0.3, 0.4) is 0 Å². The van der Waals surface area contributed by atoms with Crippen molar-refractivity contribution in [3.05, 3.63) is 0 Å².